The van der Waals surface area contributed by atoms with Gasteiger partial charge in [0, 0.05) is 23.3 Å². The molecule has 5 aromatic rings. The molecule has 0 aliphatic carbocycles. The summed E-state index contributed by atoms with van der Waals surface area (Å²) in [6.45, 7) is 1.78. The Morgan fingerprint density at radius 1 is 1.06 bits per heavy atom. The van der Waals surface area contributed by atoms with Crippen LogP contribution in [0.25, 0.3) is 27.5 Å². The van der Waals surface area contributed by atoms with E-state index in [1.54, 1.807) is 49.4 Å². The molecule has 0 amide bonds. The molecule has 3 heterocycles. The van der Waals surface area contributed by atoms with E-state index in [0.29, 0.717) is 22.4 Å². The lowest BCUT2D eigenvalue weighted by Crippen LogP contribution is -2.27. The standard InChI is InChI=1S/C25H18ClN5O4/c1-13(30-23-19-17(32)10-11-27-22(19)28-12-29-23)21-20(26)15-8-5-9-16(25(34)35)18(15)24(33)31(21)14-6-3-2-4-7-14/h2-13H,1H3,(H,34,35)(H2,27,28,29,30,32). The number of aromatic amines is 1. The third-order valence-corrected chi connectivity index (χ3v) is 6.14. The Hall–Kier alpha value is -4.50. The van der Waals surface area contributed by atoms with Crippen LogP contribution < -0.4 is 16.3 Å². The zero-order valence-electron chi connectivity index (χ0n) is 18.3. The third-order valence-electron chi connectivity index (χ3n) is 5.74. The fourth-order valence-electron chi connectivity index (χ4n) is 4.21. The molecule has 0 fully saturated rings. The number of halogens is 1. The second kappa shape index (κ2) is 8.69. The van der Waals surface area contributed by atoms with Gasteiger partial charge in [0.05, 0.1) is 27.7 Å². The Balaban J connectivity index is 1.80. The molecule has 5 rings (SSSR count). The van der Waals surface area contributed by atoms with Crippen LogP contribution in [0.1, 0.15) is 29.0 Å². The van der Waals surface area contributed by atoms with E-state index >= 15 is 0 Å². The molecule has 0 aliphatic rings. The number of nitrogens with zero attached hydrogens (tertiary/aromatic N) is 3. The Morgan fingerprint density at radius 2 is 1.83 bits per heavy atom. The Morgan fingerprint density at radius 3 is 2.57 bits per heavy atom. The fraction of sp³-hybridized carbons (Fsp3) is 0.0800. The molecule has 10 heteroatoms. The summed E-state index contributed by atoms with van der Waals surface area (Å²) in [7, 11) is 0. The van der Waals surface area contributed by atoms with E-state index in [1.807, 2.05) is 0 Å². The number of pyridine rings is 2. The van der Waals surface area contributed by atoms with Crippen LogP contribution in [0.15, 0.2) is 76.7 Å². The number of fused-ring (bicyclic) bond motifs is 2. The molecule has 35 heavy (non-hydrogen) atoms. The Labute approximate surface area is 202 Å². The maximum absolute atomic E-state index is 13.8. The molecule has 1 atom stereocenters. The van der Waals surface area contributed by atoms with E-state index in [1.165, 1.54) is 29.2 Å². The van der Waals surface area contributed by atoms with Crippen molar-refractivity contribution < 1.29 is 9.90 Å². The smallest absolute Gasteiger partial charge is 0.336 e. The average Bonchev–Trinajstić information content (AvgIpc) is 2.86. The first kappa shape index (κ1) is 22.3. The predicted molar refractivity (Wildman–Crippen MR) is 134 cm³/mol. The van der Waals surface area contributed by atoms with Crippen molar-refractivity contribution in [2.24, 2.45) is 0 Å². The highest BCUT2D eigenvalue weighted by Gasteiger charge is 2.25. The van der Waals surface area contributed by atoms with Gasteiger partial charge in [-0.05, 0) is 25.1 Å². The molecule has 0 aliphatic heterocycles. The number of aromatic carboxylic acids is 1. The van der Waals surface area contributed by atoms with Crippen molar-refractivity contribution in [3.8, 4) is 5.69 Å². The van der Waals surface area contributed by atoms with Crippen molar-refractivity contribution in [3.05, 3.63) is 104 Å². The second-order valence-corrected chi connectivity index (χ2v) is 8.24. The van der Waals surface area contributed by atoms with Crippen LogP contribution in [0, 0.1) is 0 Å². The van der Waals surface area contributed by atoms with E-state index in [-0.39, 0.29) is 32.6 Å². The van der Waals surface area contributed by atoms with Crippen LogP contribution in [0.3, 0.4) is 0 Å². The van der Waals surface area contributed by atoms with Gasteiger partial charge in [-0.15, -0.1) is 0 Å². The van der Waals surface area contributed by atoms with Crippen LogP contribution in [0.2, 0.25) is 5.02 Å². The van der Waals surface area contributed by atoms with Gasteiger partial charge in [-0.1, -0.05) is 41.9 Å². The number of hydrogen-bond donors (Lipinski definition) is 3. The van der Waals surface area contributed by atoms with E-state index in [2.05, 4.69) is 20.3 Å². The van der Waals surface area contributed by atoms with E-state index in [9.17, 15) is 19.5 Å². The minimum absolute atomic E-state index is 0.00809. The molecule has 9 nitrogen and oxygen atoms in total. The topological polar surface area (TPSA) is 130 Å². The number of nitrogens with one attached hydrogen (secondary N) is 2. The number of benzene rings is 2. The SMILES string of the molecule is CC(Nc1ncnc2[nH]ccc(=O)c12)c1c(Cl)c2cccc(C(=O)O)c2c(=O)n1-c1ccccc1. The highest BCUT2D eigenvalue weighted by atomic mass is 35.5. The first-order valence-electron chi connectivity index (χ1n) is 10.6. The lowest BCUT2D eigenvalue weighted by Gasteiger charge is -2.23. The van der Waals surface area contributed by atoms with Gasteiger partial charge < -0.3 is 15.4 Å². The molecule has 174 valence electrons. The van der Waals surface area contributed by atoms with Gasteiger partial charge in [0.25, 0.3) is 5.56 Å². The van der Waals surface area contributed by atoms with Gasteiger partial charge in [0.15, 0.2) is 5.43 Å². The number of para-hydroxylation sites is 1. The van der Waals surface area contributed by atoms with Crippen LogP contribution >= 0.6 is 11.6 Å². The molecular formula is C25H18ClN5O4. The minimum Gasteiger partial charge on any atom is -0.478 e. The molecular weight excluding hydrogens is 470 g/mol. The number of carbonyl (C=O) groups is 1. The average molecular weight is 488 g/mol. The number of H-pyrrole nitrogens is 1. The zero-order chi connectivity index (χ0) is 24.7. The molecule has 0 saturated heterocycles. The maximum Gasteiger partial charge on any atom is 0.336 e. The van der Waals surface area contributed by atoms with Crippen molar-refractivity contribution >= 4 is 45.2 Å². The summed E-state index contributed by atoms with van der Waals surface area (Å²) in [5.41, 5.74) is 0.318. The quantitative estimate of drug-likeness (QED) is 0.339. The second-order valence-electron chi connectivity index (χ2n) is 7.86. The lowest BCUT2D eigenvalue weighted by atomic mass is 10.0. The van der Waals surface area contributed by atoms with Crippen LogP contribution in [-0.2, 0) is 0 Å². The number of rotatable bonds is 5. The van der Waals surface area contributed by atoms with Crippen LogP contribution in [-0.4, -0.2) is 30.6 Å². The van der Waals surface area contributed by atoms with Gasteiger partial charge in [0.2, 0.25) is 0 Å². The van der Waals surface area contributed by atoms with E-state index < -0.39 is 17.6 Å². The summed E-state index contributed by atoms with van der Waals surface area (Å²) in [6, 6.07) is 14.1. The Kier molecular flexibility index (Phi) is 5.54. The number of aromatic nitrogens is 4. The lowest BCUT2D eigenvalue weighted by molar-refractivity contribution is 0.0699. The van der Waals surface area contributed by atoms with Crippen molar-refractivity contribution in [2.75, 3.05) is 5.32 Å². The first-order chi connectivity index (χ1) is 16.9. The zero-order valence-corrected chi connectivity index (χ0v) is 19.1. The van der Waals surface area contributed by atoms with Crippen LogP contribution in [0.4, 0.5) is 5.82 Å². The largest absolute Gasteiger partial charge is 0.478 e. The highest BCUT2D eigenvalue weighted by Crippen LogP contribution is 2.34. The summed E-state index contributed by atoms with van der Waals surface area (Å²) < 4.78 is 1.39. The Bertz CT molecular complexity index is 1730. The third kappa shape index (κ3) is 3.71. The molecule has 0 saturated carbocycles. The summed E-state index contributed by atoms with van der Waals surface area (Å²) in [6.07, 6.45) is 2.82. The molecule has 3 aromatic heterocycles. The van der Waals surface area contributed by atoms with Gasteiger partial charge in [-0.25, -0.2) is 14.8 Å². The fourth-order valence-corrected chi connectivity index (χ4v) is 4.61. The number of carboxylic acid groups (broad SMARTS) is 1. The normalized spacial score (nSPS) is 12.1. The van der Waals surface area contributed by atoms with Gasteiger partial charge in [0.1, 0.15) is 23.2 Å². The summed E-state index contributed by atoms with van der Waals surface area (Å²) >= 11 is 6.86. The van der Waals surface area contributed by atoms with E-state index in [0.717, 1.165) is 0 Å². The van der Waals surface area contributed by atoms with Gasteiger partial charge in [-0.3, -0.25) is 14.2 Å². The molecule has 0 bridgehead atoms. The molecule has 0 radical (unpaired) electrons. The van der Waals surface area contributed by atoms with E-state index in [4.69, 9.17) is 11.6 Å². The van der Waals surface area contributed by atoms with Gasteiger partial charge >= 0.3 is 5.97 Å². The molecule has 0 spiro atoms. The van der Waals surface area contributed by atoms with Gasteiger partial charge in [-0.2, -0.15) is 0 Å². The number of hydrogen-bond acceptors (Lipinski definition) is 6. The van der Waals surface area contributed by atoms with Crippen molar-refractivity contribution in [1.29, 1.82) is 0 Å². The molecule has 3 N–H and O–H groups in total. The van der Waals surface area contributed by atoms with Crippen molar-refractivity contribution in [1.82, 2.24) is 19.5 Å². The summed E-state index contributed by atoms with van der Waals surface area (Å²) in [5.74, 6) is -0.958. The monoisotopic (exact) mass is 487 g/mol. The molecule has 2 aromatic carbocycles. The summed E-state index contributed by atoms with van der Waals surface area (Å²) in [4.78, 5) is 49.5. The van der Waals surface area contributed by atoms with Crippen molar-refractivity contribution in [2.45, 2.75) is 13.0 Å². The van der Waals surface area contributed by atoms with Crippen molar-refractivity contribution in [3.63, 3.8) is 0 Å². The number of anilines is 1. The summed E-state index contributed by atoms with van der Waals surface area (Å²) in [5, 5.41) is 13.7. The molecule has 1 unspecified atom stereocenters. The minimum atomic E-state index is -1.23. The van der Waals surface area contributed by atoms with Crippen LogP contribution in [0.5, 0.6) is 0 Å². The predicted octanol–water partition coefficient (Wildman–Crippen LogP) is 4.15. The first-order valence-corrected chi connectivity index (χ1v) is 11.0. The highest BCUT2D eigenvalue weighted by molar-refractivity contribution is 6.36. The number of carboxylic acids is 1. The maximum atomic E-state index is 13.8.